The predicted molar refractivity (Wildman–Crippen MR) is 72.3 cm³/mol. The number of furan rings is 1. The summed E-state index contributed by atoms with van der Waals surface area (Å²) in [5.74, 6) is 2.66. The molecule has 102 valence electrons. The number of methoxy groups -OCH3 is 1. The summed E-state index contributed by atoms with van der Waals surface area (Å²) in [6.45, 7) is 8.45. The van der Waals surface area contributed by atoms with Crippen molar-refractivity contribution >= 4 is 0 Å². The van der Waals surface area contributed by atoms with E-state index in [4.69, 9.17) is 9.15 Å². The van der Waals surface area contributed by atoms with Gasteiger partial charge >= 0.3 is 0 Å². The lowest BCUT2D eigenvalue weighted by Crippen LogP contribution is -2.25. The van der Waals surface area contributed by atoms with E-state index in [-0.39, 0.29) is 0 Å². The van der Waals surface area contributed by atoms with Crippen molar-refractivity contribution in [3.05, 3.63) is 23.7 Å². The SMILES string of the molecule is CCCNC(c1ccc(COC)o1)C1CC1(C)C. The Labute approximate surface area is 110 Å². The van der Waals surface area contributed by atoms with E-state index < -0.39 is 0 Å². The van der Waals surface area contributed by atoms with E-state index in [1.54, 1.807) is 7.11 Å². The monoisotopic (exact) mass is 251 g/mol. The molecule has 2 atom stereocenters. The molecular weight excluding hydrogens is 226 g/mol. The average Bonchev–Trinajstić information content (AvgIpc) is 2.76. The van der Waals surface area contributed by atoms with E-state index in [1.807, 2.05) is 6.07 Å². The number of hydrogen-bond acceptors (Lipinski definition) is 3. The molecule has 1 aliphatic carbocycles. The standard InChI is InChI=1S/C15H25NO2/c1-5-8-16-14(12-9-15(12,2)3)13-7-6-11(18-13)10-17-4/h6-7,12,14,16H,5,8-10H2,1-4H3. The molecule has 2 rings (SSSR count). The summed E-state index contributed by atoms with van der Waals surface area (Å²) in [6.07, 6.45) is 2.42. The summed E-state index contributed by atoms with van der Waals surface area (Å²) < 4.78 is 11.0. The Morgan fingerprint density at radius 2 is 2.22 bits per heavy atom. The van der Waals surface area contributed by atoms with Crippen molar-refractivity contribution in [3.63, 3.8) is 0 Å². The molecule has 1 N–H and O–H groups in total. The van der Waals surface area contributed by atoms with Crippen LogP contribution in [0.15, 0.2) is 16.5 Å². The van der Waals surface area contributed by atoms with Gasteiger partial charge in [-0.25, -0.2) is 0 Å². The maximum Gasteiger partial charge on any atom is 0.129 e. The van der Waals surface area contributed by atoms with Gasteiger partial charge in [0, 0.05) is 7.11 Å². The van der Waals surface area contributed by atoms with E-state index in [9.17, 15) is 0 Å². The fraction of sp³-hybridized carbons (Fsp3) is 0.733. The van der Waals surface area contributed by atoms with E-state index in [2.05, 4.69) is 32.2 Å². The second kappa shape index (κ2) is 5.45. The van der Waals surface area contributed by atoms with Crippen molar-refractivity contribution in [2.45, 2.75) is 46.3 Å². The molecule has 1 aliphatic rings. The third kappa shape index (κ3) is 2.96. The normalized spacial score (nSPS) is 23.0. The minimum atomic E-state index is 0.352. The van der Waals surface area contributed by atoms with Gasteiger partial charge in [0.25, 0.3) is 0 Å². The molecule has 1 saturated carbocycles. The summed E-state index contributed by atoms with van der Waals surface area (Å²) in [5, 5.41) is 3.62. The summed E-state index contributed by atoms with van der Waals surface area (Å²) in [4.78, 5) is 0. The lowest BCUT2D eigenvalue weighted by molar-refractivity contribution is 0.160. The highest BCUT2D eigenvalue weighted by molar-refractivity contribution is 5.16. The third-order valence-electron chi connectivity index (χ3n) is 3.88. The number of rotatable bonds is 7. The van der Waals surface area contributed by atoms with Crippen LogP contribution >= 0.6 is 0 Å². The van der Waals surface area contributed by atoms with Crippen LogP contribution in [-0.4, -0.2) is 13.7 Å². The van der Waals surface area contributed by atoms with Crippen molar-refractivity contribution < 1.29 is 9.15 Å². The molecule has 3 nitrogen and oxygen atoms in total. The van der Waals surface area contributed by atoms with Crippen molar-refractivity contribution in [1.29, 1.82) is 0 Å². The Morgan fingerprint density at radius 3 is 2.78 bits per heavy atom. The zero-order chi connectivity index (χ0) is 13.2. The van der Waals surface area contributed by atoms with E-state index in [0.29, 0.717) is 24.0 Å². The smallest absolute Gasteiger partial charge is 0.129 e. The highest BCUT2D eigenvalue weighted by Gasteiger charge is 2.51. The molecule has 0 amide bonds. The molecule has 0 bridgehead atoms. The minimum absolute atomic E-state index is 0.352. The third-order valence-corrected chi connectivity index (χ3v) is 3.88. The molecule has 3 heteroatoms. The molecule has 1 aromatic rings. The summed E-state index contributed by atoms with van der Waals surface area (Å²) in [6, 6.07) is 4.47. The van der Waals surface area contributed by atoms with Crippen LogP contribution in [0.4, 0.5) is 0 Å². The number of hydrogen-bond donors (Lipinski definition) is 1. The molecule has 0 saturated heterocycles. The van der Waals surface area contributed by atoms with Crippen LogP contribution in [-0.2, 0) is 11.3 Å². The lowest BCUT2D eigenvalue weighted by atomic mass is 10.0. The topological polar surface area (TPSA) is 34.4 Å². The second-order valence-corrected chi connectivity index (χ2v) is 5.97. The van der Waals surface area contributed by atoms with Gasteiger partial charge in [-0.15, -0.1) is 0 Å². The first kappa shape index (κ1) is 13.6. The van der Waals surface area contributed by atoms with Crippen LogP contribution in [0.3, 0.4) is 0 Å². The number of ether oxygens (including phenoxy) is 1. The largest absolute Gasteiger partial charge is 0.462 e. The van der Waals surface area contributed by atoms with Crippen LogP contribution in [0.2, 0.25) is 0 Å². The van der Waals surface area contributed by atoms with Crippen LogP contribution < -0.4 is 5.32 Å². The van der Waals surface area contributed by atoms with Crippen molar-refractivity contribution in [3.8, 4) is 0 Å². The first-order chi connectivity index (χ1) is 8.58. The lowest BCUT2D eigenvalue weighted by Gasteiger charge is -2.18. The molecular formula is C15H25NO2. The van der Waals surface area contributed by atoms with Crippen LogP contribution in [0.1, 0.15) is 51.2 Å². The zero-order valence-corrected chi connectivity index (χ0v) is 12.0. The highest BCUT2D eigenvalue weighted by atomic mass is 16.5. The van der Waals surface area contributed by atoms with Gasteiger partial charge in [-0.2, -0.15) is 0 Å². The van der Waals surface area contributed by atoms with Gasteiger partial charge in [-0.1, -0.05) is 20.8 Å². The van der Waals surface area contributed by atoms with Gasteiger partial charge in [0.1, 0.15) is 18.1 Å². The minimum Gasteiger partial charge on any atom is -0.462 e. The first-order valence-electron chi connectivity index (χ1n) is 6.89. The zero-order valence-electron chi connectivity index (χ0n) is 12.0. The van der Waals surface area contributed by atoms with Crippen LogP contribution in [0.5, 0.6) is 0 Å². The predicted octanol–water partition coefficient (Wildman–Crippen LogP) is 3.51. The van der Waals surface area contributed by atoms with Crippen molar-refractivity contribution in [1.82, 2.24) is 5.32 Å². The molecule has 0 spiro atoms. The first-order valence-corrected chi connectivity index (χ1v) is 6.89. The average molecular weight is 251 g/mol. The quantitative estimate of drug-likeness (QED) is 0.805. The van der Waals surface area contributed by atoms with Gasteiger partial charge in [-0.05, 0) is 42.9 Å². The summed E-state index contributed by atoms with van der Waals surface area (Å²) >= 11 is 0. The van der Waals surface area contributed by atoms with Crippen molar-refractivity contribution in [2.75, 3.05) is 13.7 Å². The van der Waals surface area contributed by atoms with E-state index in [0.717, 1.165) is 24.5 Å². The molecule has 1 fully saturated rings. The Hall–Kier alpha value is -0.800. The van der Waals surface area contributed by atoms with Gasteiger partial charge in [0.05, 0.1) is 6.04 Å². The molecule has 18 heavy (non-hydrogen) atoms. The van der Waals surface area contributed by atoms with E-state index in [1.165, 1.54) is 6.42 Å². The van der Waals surface area contributed by atoms with Crippen LogP contribution in [0, 0.1) is 11.3 Å². The molecule has 1 aromatic heterocycles. The Bertz CT molecular complexity index is 384. The van der Waals surface area contributed by atoms with E-state index >= 15 is 0 Å². The fourth-order valence-electron chi connectivity index (χ4n) is 2.60. The van der Waals surface area contributed by atoms with Crippen molar-refractivity contribution in [2.24, 2.45) is 11.3 Å². The second-order valence-electron chi connectivity index (χ2n) is 5.97. The van der Waals surface area contributed by atoms with Gasteiger partial charge in [0.2, 0.25) is 0 Å². The maximum atomic E-state index is 5.89. The van der Waals surface area contributed by atoms with Crippen LogP contribution in [0.25, 0.3) is 0 Å². The fourth-order valence-corrected chi connectivity index (χ4v) is 2.60. The molecule has 0 radical (unpaired) electrons. The molecule has 2 unspecified atom stereocenters. The maximum absolute atomic E-state index is 5.89. The molecule has 0 aliphatic heterocycles. The number of nitrogens with one attached hydrogen (secondary N) is 1. The Balaban J connectivity index is 2.07. The highest BCUT2D eigenvalue weighted by Crippen LogP contribution is 2.57. The molecule has 0 aromatic carbocycles. The van der Waals surface area contributed by atoms with Gasteiger partial charge < -0.3 is 14.5 Å². The summed E-state index contributed by atoms with van der Waals surface area (Å²) in [7, 11) is 1.69. The summed E-state index contributed by atoms with van der Waals surface area (Å²) in [5.41, 5.74) is 0.444. The molecule has 1 heterocycles. The van der Waals surface area contributed by atoms with Gasteiger partial charge in [-0.3, -0.25) is 0 Å². The Morgan fingerprint density at radius 1 is 1.50 bits per heavy atom. The Kier molecular flexibility index (Phi) is 4.13. The van der Waals surface area contributed by atoms with Gasteiger partial charge in [0.15, 0.2) is 0 Å².